The van der Waals surface area contributed by atoms with E-state index in [0.717, 1.165) is 36.3 Å². The summed E-state index contributed by atoms with van der Waals surface area (Å²) in [5, 5.41) is 0. The Bertz CT molecular complexity index is 1000. The minimum absolute atomic E-state index is 0.0647. The van der Waals surface area contributed by atoms with E-state index in [2.05, 4.69) is 4.98 Å². The van der Waals surface area contributed by atoms with Gasteiger partial charge in [0.1, 0.15) is 17.4 Å². The molecule has 2 heterocycles. The maximum atomic E-state index is 13.3. The van der Waals surface area contributed by atoms with E-state index in [1.54, 1.807) is 18.3 Å². The minimum atomic E-state index is -0.277. The minimum Gasteiger partial charge on any atom is -0.493 e. The Hall–Kier alpha value is -3.15. The first-order chi connectivity index (χ1) is 14.6. The van der Waals surface area contributed by atoms with Gasteiger partial charge in [-0.2, -0.15) is 0 Å². The zero-order valence-corrected chi connectivity index (χ0v) is 17.1. The molecule has 0 bridgehead atoms. The average Bonchev–Trinajstić information content (AvgIpc) is 3.18. The summed E-state index contributed by atoms with van der Waals surface area (Å²) in [5.41, 5.74) is 1.74. The van der Waals surface area contributed by atoms with E-state index in [-0.39, 0.29) is 17.6 Å². The molecular formula is C24H26FN3O2. The monoisotopic (exact) mass is 407 g/mol. The Kier molecular flexibility index (Phi) is 6.12. The fourth-order valence-electron chi connectivity index (χ4n) is 3.92. The topological polar surface area (TPSA) is 47.4 Å². The van der Waals surface area contributed by atoms with Crippen molar-refractivity contribution in [3.8, 4) is 5.75 Å². The zero-order valence-electron chi connectivity index (χ0n) is 17.1. The molecule has 1 aliphatic heterocycles. The number of aryl methyl sites for hydroxylation is 1. The van der Waals surface area contributed by atoms with Crippen LogP contribution in [0.15, 0.2) is 60.9 Å². The highest BCUT2D eigenvalue weighted by atomic mass is 19.1. The standard InChI is InChI=1S/C24H26FN3O2/c1-18-26-12-14-27(18)16-20-6-2-3-7-23(20)24(29)28-13-4-5-19(15-28)17-30-22-10-8-21(25)9-11-22/h2-3,6-12,14,19H,4-5,13,15-17H2,1H3/t19-/m1/s1. The predicted molar refractivity (Wildman–Crippen MR) is 113 cm³/mol. The van der Waals surface area contributed by atoms with Crippen molar-refractivity contribution in [2.75, 3.05) is 19.7 Å². The number of hydrogen-bond donors (Lipinski definition) is 0. The Balaban J connectivity index is 1.42. The number of amides is 1. The van der Waals surface area contributed by atoms with Gasteiger partial charge in [0.05, 0.1) is 6.61 Å². The van der Waals surface area contributed by atoms with E-state index in [0.29, 0.717) is 25.4 Å². The summed E-state index contributed by atoms with van der Waals surface area (Å²) < 4.78 is 20.9. The molecule has 6 heteroatoms. The summed E-state index contributed by atoms with van der Waals surface area (Å²) in [7, 11) is 0. The molecule has 0 unspecified atom stereocenters. The Morgan fingerprint density at radius 3 is 2.77 bits per heavy atom. The molecule has 0 aliphatic carbocycles. The van der Waals surface area contributed by atoms with Crippen molar-refractivity contribution in [2.45, 2.75) is 26.3 Å². The molecule has 0 saturated carbocycles. The molecule has 4 rings (SSSR count). The molecule has 1 atom stereocenters. The second kappa shape index (κ2) is 9.11. The molecule has 30 heavy (non-hydrogen) atoms. The third kappa shape index (κ3) is 4.70. The number of piperidine rings is 1. The zero-order chi connectivity index (χ0) is 20.9. The molecular weight excluding hydrogens is 381 g/mol. The van der Waals surface area contributed by atoms with Crippen LogP contribution in [0.3, 0.4) is 0 Å². The van der Waals surface area contributed by atoms with Gasteiger partial charge >= 0.3 is 0 Å². The van der Waals surface area contributed by atoms with E-state index in [1.165, 1.54) is 12.1 Å². The van der Waals surface area contributed by atoms with Crippen LogP contribution in [0.1, 0.15) is 34.6 Å². The molecule has 1 amide bonds. The lowest BCUT2D eigenvalue weighted by molar-refractivity contribution is 0.0632. The van der Waals surface area contributed by atoms with Gasteiger partial charge in [-0.1, -0.05) is 18.2 Å². The van der Waals surface area contributed by atoms with E-state index < -0.39 is 0 Å². The number of imidazole rings is 1. The number of aromatic nitrogens is 2. The molecule has 156 valence electrons. The van der Waals surface area contributed by atoms with Crippen molar-refractivity contribution >= 4 is 5.91 Å². The number of nitrogens with zero attached hydrogens (tertiary/aromatic N) is 3. The van der Waals surface area contributed by atoms with E-state index >= 15 is 0 Å². The highest BCUT2D eigenvalue weighted by Crippen LogP contribution is 2.22. The van der Waals surface area contributed by atoms with Crippen molar-refractivity contribution in [1.82, 2.24) is 14.5 Å². The number of likely N-dealkylation sites (tertiary alicyclic amines) is 1. The molecule has 1 saturated heterocycles. The number of carbonyl (C=O) groups is 1. The molecule has 1 aromatic heterocycles. The van der Waals surface area contributed by atoms with Gasteiger partial charge < -0.3 is 14.2 Å². The molecule has 5 nitrogen and oxygen atoms in total. The number of hydrogen-bond acceptors (Lipinski definition) is 3. The Morgan fingerprint density at radius 1 is 1.20 bits per heavy atom. The van der Waals surface area contributed by atoms with Crippen LogP contribution in [0.25, 0.3) is 0 Å². The largest absolute Gasteiger partial charge is 0.493 e. The molecule has 0 N–H and O–H groups in total. The normalized spacial score (nSPS) is 16.5. The number of ether oxygens (including phenoxy) is 1. The van der Waals surface area contributed by atoms with Crippen molar-refractivity contribution in [2.24, 2.45) is 5.92 Å². The van der Waals surface area contributed by atoms with Gasteiger partial charge in [0, 0.05) is 43.5 Å². The summed E-state index contributed by atoms with van der Waals surface area (Å²) in [6.45, 7) is 4.52. The van der Waals surface area contributed by atoms with Crippen LogP contribution in [-0.4, -0.2) is 40.1 Å². The van der Waals surface area contributed by atoms with E-state index in [1.807, 2.05) is 46.9 Å². The maximum absolute atomic E-state index is 13.3. The van der Waals surface area contributed by atoms with Crippen LogP contribution in [0, 0.1) is 18.7 Å². The first-order valence-corrected chi connectivity index (χ1v) is 10.3. The summed E-state index contributed by atoms with van der Waals surface area (Å²) in [5.74, 6) is 1.63. The number of carbonyl (C=O) groups excluding carboxylic acids is 1. The number of benzene rings is 2. The number of halogens is 1. The molecule has 0 radical (unpaired) electrons. The van der Waals surface area contributed by atoms with Gasteiger partial charge in [-0.3, -0.25) is 4.79 Å². The molecule has 2 aromatic carbocycles. The smallest absolute Gasteiger partial charge is 0.254 e. The lowest BCUT2D eigenvalue weighted by Gasteiger charge is -2.33. The van der Waals surface area contributed by atoms with Gasteiger partial charge in [-0.15, -0.1) is 0 Å². The lowest BCUT2D eigenvalue weighted by atomic mass is 9.97. The SMILES string of the molecule is Cc1nccn1Cc1ccccc1C(=O)N1CCC[C@@H](COc2ccc(F)cc2)C1. The van der Waals surface area contributed by atoms with Crippen LogP contribution in [0.4, 0.5) is 4.39 Å². The van der Waals surface area contributed by atoms with Crippen LogP contribution in [0.2, 0.25) is 0 Å². The van der Waals surface area contributed by atoms with E-state index in [4.69, 9.17) is 4.74 Å². The molecule has 1 aliphatic rings. The second-order valence-corrected chi connectivity index (χ2v) is 7.78. The average molecular weight is 407 g/mol. The Labute approximate surface area is 176 Å². The predicted octanol–water partition coefficient (Wildman–Crippen LogP) is 4.31. The van der Waals surface area contributed by atoms with Crippen LogP contribution < -0.4 is 4.74 Å². The fourth-order valence-corrected chi connectivity index (χ4v) is 3.92. The lowest BCUT2D eigenvalue weighted by Crippen LogP contribution is -2.42. The van der Waals surface area contributed by atoms with E-state index in [9.17, 15) is 9.18 Å². The van der Waals surface area contributed by atoms with Crippen molar-refractivity contribution in [1.29, 1.82) is 0 Å². The first kappa shape index (κ1) is 20.1. The highest BCUT2D eigenvalue weighted by Gasteiger charge is 2.26. The summed E-state index contributed by atoms with van der Waals surface area (Å²) >= 11 is 0. The quantitative estimate of drug-likeness (QED) is 0.612. The van der Waals surface area contributed by atoms with Gasteiger partial charge in [-0.25, -0.2) is 9.37 Å². The van der Waals surface area contributed by atoms with Crippen molar-refractivity contribution < 1.29 is 13.9 Å². The Morgan fingerprint density at radius 2 is 2.00 bits per heavy atom. The molecule has 0 spiro atoms. The third-order valence-corrected chi connectivity index (χ3v) is 5.62. The number of rotatable bonds is 6. The van der Waals surface area contributed by atoms with Gasteiger partial charge in [0.2, 0.25) is 0 Å². The van der Waals surface area contributed by atoms with Gasteiger partial charge in [0.25, 0.3) is 5.91 Å². The van der Waals surface area contributed by atoms with Gasteiger partial charge in [-0.05, 0) is 55.7 Å². The van der Waals surface area contributed by atoms with Gasteiger partial charge in [0.15, 0.2) is 0 Å². The van der Waals surface area contributed by atoms with Crippen LogP contribution >= 0.6 is 0 Å². The van der Waals surface area contributed by atoms with Crippen LogP contribution in [0.5, 0.6) is 5.75 Å². The van der Waals surface area contributed by atoms with Crippen LogP contribution in [-0.2, 0) is 6.54 Å². The first-order valence-electron chi connectivity index (χ1n) is 10.3. The highest BCUT2D eigenvalue weighted by molar-refractivity contribution is 5.95. The summed E-state index contributed by atoms with van der Waals surface area (Å²) in [6, 6.07) is 13.8. The maximum Gasteiger partial charge on any atom is 0.254 e. The summed E-state index contributed by atoms with van der Waals surface area (Å²) in [4.78, 5) is 19.5. The van der Waals surface area contributed by atoms with Crippen molar-refractivity contribution in [3.05, 3.63) is 83.7 Å². The molecule has 3 aromatic rings. The second-order valence-electron chi connectivity index (χ2n) is 7.78. The van der Waals surface area contributed by atoms with Crippen molar-refractivity contribution in [3.63, 3.8) is 0 Å². The summed E-state index contributed by atoms with van der Waals surface area (Å²) in [6.07, 6.45) is 5.67. The molecule has 1 fully saturated rings. The third-order valence-electron chi connectivity index (χ3n) is 5.62. The fraction of sp³-hybridized carbons (Fsp3) is 0.333.